The van der Waals surface area contributed by atoms with Gasteiger partial charge < -0.3 is 14.8 Å². The molecule has 0 spiro atoms. The van der Waals surface area contributed by atoms with Crippen LogP contribution in [0, 0.1) is 0 Å². The standard InChI is InChI=1S/C20H20ClN3O4S/c1-13(25)22-20-23-24(14(2)26)19(29-20)15-7-3-5-9-17(15)27-11-12-28-18-10-6-4-8-16(18)21/h3-10,19H,11-12H2,1-2H3,(H,22,23,25)/t19-/m1/s1. The van der Waals surface area contributed by atoms with E-state index in [1.54, 1.807) is 12.1 Å². The Morgan fingerprint density at radius 3 is 2.34 bits per heavy atom. The topological polar surface area (TPSA) is 80.2 Å². The molecule has 2 aromatic carbocycles. The second-order valence-corrected chi connectivity index (χ2v) is 7.56. The minimum absolute atomic E-state index is 0.236. The molecular weight excluding hydrogens is 414 g/mol. The number of nitrogens with zero attached hydrogens (tertiary/aromatic N) is 2. The van der Waals surface area contributed by atoms with E-state index in [1.807, 2.05) is 36.4 Å². The van der Waals surface area contributed by atoms with E-state index in [4.69, 9.17) is 21.1 Å². The molecule has 1 aliphatic heterocycles. The SMILES string of the molecule is CC(=O)NC1=NN(C(C)=O)[C@@H](c2ccccc2OCCOc2ccccc2Cl)S1. The van der Waals surface area contributed by atoms with Gasteiger partial charge >= 0.3 is 0 Å². The first-order valence-electron chi connectivity index (χ1n) is 8.87. The van der Waals surface area contributed by atoms with Crippen molar-refractivity contribution in [3.05, 3.63) is 59.1 Å². The molecule has 29 heavy (non-hydrogen) atoms. The van der Waals surface area contributed by atoms with Crippen molar-refractivity contribution in [1.82, 2.24) is 10.3 Å². The van der Waals surface area contributed by atoms with Crippen molar-refractivity contribution in [3.63, 3.8) is 0 Å². The first kappa shape index (κ1) is 21.0. The quantitative estimate of drug-likeness (QED) is 0.701. The number of ether oxygens (including phenoxy) is 2. The fourth-order valence-corrected chi connectivity index (χ4v) is 4.00. The van der Waals surface area contributed by atoms with Crippen LogP contribution in [0.15, 0.2) is 53.6 Å². The lowest BCUT2D eigenvalue weighted by Crippen LogP contribution is -2.25. The van der Waals surface area contributed by atoms with Gasteiger partial charge in [-0.2, -0.15) is 0 Å². The first-order chi connectivity index (χ1) is 14.0. The Morgan fingerprint density at radius 2 is 1.69 bits per heavy atom. The molecule has 9 heteroatoms. The van der Waals surface area contributed by atoms with Crippen molar-refractivity contribution in [3.8, 4) is 11.5 Å². The Bertz CT molecular complexity index is 937. The molecular formula is C20H20ClN3O4S. The largest absolute Gasteiger partial charge is 0.490 e. The van der Waals surface area contributed by atoms with E-state index in [2.05, 4.69) is 10.4 Å². The van der Waals surface area contributed by atoms with Gasteiger partial charge in [0.15, 0.2) is 5.17 Å². The number of nitrogens with one attached hydrogen (secondary N) is 1. The summed E-state index contributed by atoms with van der Waals surface area (Å²) in [4.78, 5) is 23.4. The van der Waals surface area contributed by atoms with Gasteiger partial charge in [-0.05, 0) is 18.2 Å². The van der Waals surface area contributed by atoms with E-state index >= 15 is 0 Å². The van der Waals surface area contributed by atoms with Crippen LogP contribution in [-0.4, -0.2) is 35.2 Å². The number of carbonyl (C=O) groups is 2. The number of hydrogen-bond acceptors (Lipinski definition) is 6. The highest BCUT2D eigenvalue weighted by molar-refractivity contribution is 8.14. The molecule has 0 bridgehead atoms. The highest BCUT2D eigenvalue weighted by atomic mass is 35.5. The van der Waals surface area contributed by atoms with Crippen LogP contribution >= 0.6 is 23.4 Å². The molecule has 0 unspecified atom stereocenters. The van der Waals surface area contributed by atoms with Gasteiger partial charge in [0.25, 0.3) is 0 Å². The predicted octanol–water partition coefficient (Wildman–Crippen LogP) is 3.80. The maximum Gasteiger partial charge on any atom is 0.241 e. The van der Waals surface area contributed by atoms with Crippen molar-refractivity contribution in [1.29, 1.82) is 0 Å². The molecule has 2 amide bonds. The monoisotopic (exact) mass is 433 g/mol. The number of benzene rings is 2. The highest BCUT2D eigenvalue weighted by Gasteiger charge is 2.34. The summed E-state index contributed by atoms with van der Waals surface area (Å²) >= 11 is 7.35. The molecule has 2 aromatic rings. The van der Waals surface area contributed by atoms with Gasteiger partial charge in [0, 0.05) is 19.4 Å². The van der Waals surface area contributed by atoms with Crippen molar-refractivity contribution in [2.75, 3.05) is 13.2 Å². The van der Waals surface area contributed by atoms with Crippen LogP contribution in [-0.2, 0) is 9.59 Å². The number of amidine groups is 1. The van der Waals surface area contributed by atoms with Crippen LogP contribution in [0.3, 0.4) is 0 Å². The summed E-state index contributed by atoms with van der Waals surface area (Å²) in [6.07, 6.45) is 0. The molecule has 0 aliphatic carbocycles. The van der Waals surface area contributed by atoms with Crippen LogP contribution in [0.5, 0.6) is 11.5 Å². The lowest BCUT2D eigenvalue weighted by atomic mass is 10.2. The molecule has 1 aliphatic rings. The summed E-state index contributed by atoms with van der Waals surface area (Å²) in [6.45, 7) is 3.41. The molecule has 3 rings (SSSR count). The number of thioether (sulfide) groups is 1. The van der Waals surface area contributed by atoms with Gasteiger partial charge in [-0.25, -0.2) is 5.01 Å². The molecule has 0 saturated carbocycles. The van der Waals surface area contributed by atoms with E-state index in [9.17, 15) is 9.59 Å². The van der Waals surface area contributed by atoms with Crippen LogP contribution in [0.4, 0.5) is 0 Å². The van der Waals surface area contributed by atoms with Gasteiger partial charge in [-0.1, -0.05) is 53.7 Å². The van der Waals surface area contributed by atoms with Crippen LogP contribution in [0.25, 0.3) is 0 Å². The second-order valence-electron chi connectivity index (χ2n) is 6.09. The molecule has 1 atom stereocenters. The summed E-state index contributed by atoms with van der Waals surface area (Å²) in [5, 5.41) is 8.64. The lowest BCUT2D eigenvalue weighted by molar-refractivity contribution is -0.129. The Kier molecular flexibility index (Phi) is 7.00. The van der Waals surface area contributed by atoms with Crippen molar-refractivity contribution < 1.29 is 19.1 Å². The Morgan fingerprint density at radius 1 is 1.07 bits per heavy atom. The number of carbonyl (C=O) groups excluding carboxylic acids is 2. The first-order valence-corrected chi connectivity index (χ1v) is 10.1. The Balaban J connectivity index is 1.67. The molecule has 7 nitrogen and oxygen atoms in total. The summed E-state index contributed by atoms with van der Waals surface area (Å²) in [5.41, 5.74) is 0.773. The summed E-state index contributed by atoms with van der Waals surface area (Å²) in [6, 6.07) is 14.6. The zero-order valence-corrected chi connectivity index (χ0v) is 17.5. The van der Waals surface area contributed by atoms with Crippen LogP contribution in [0.1, 0.15) is 24.8 Å². The predicted molar refractivity (Wildman–Crippen MR) is 113 cm³/mol. The maximum atomic E-state index is 12.0. The van der Waals surface area contributed by atoms with Crippen molar-refractivity contribution in [2.45, 2.75) is 19.2 Å². The number of rotatable bonds is 6. The summed E-state index contributed by atoms with van der Waals surface area (Å²) in [5.74, 6) is 0.716. The normalized spacial score (nSPS) is 15.6. The molecule has 1 heterocycles. The minimum Gasteiger partial charge on any atom is -0.490 e. The molecule has 1 N–H and O–H groups in total. The highest BCUT2D eigenvalue weighted by Crippen LogP contribution is 2.42. The lowest BCUT2D eigenvalue weighted by Gasteiger charge is -2.21. The van der Waals surface area contributed by atoms with Crippen molar-refractivity contribution in [2.24, 2.45) is 5.10 Å². The van der Waals surface area contributed by atoms with Gasteiger partial charge in [0.1, 0.15) is 30.1 Å². The number of hydrazone groups is 1. The van der Waals surface area contributed by atoms with Crippen LogP contribution < -0.4 is 14.8 Å². The number of amides is 2. The Labute approximate surface area is 178 Å². The average molecular weight is 434 g/mol. The van der Waals surface area contributed by atoms with Crippen LogP contribution in [0.2, 0.25) is 5.02 Å². The minimum atomic E-state index is -0.435. The van der Waals surface area contributed by atoms with E-state index in [-0.39, 0.29) is 11.8 Å². The van der Waals surface area contributed by atoms with Gasteiger partial charge in [0.2, 0.25) is 11.8 Å². The van der Waals surface area contributed by atoms with E-state index in [0.717, 1.165) is 5.56 Å². The smallest absolute Gasteiger partial charge is 0.241 e. The molecule has 0 aromatic heterocycles. The molecule has 0 saturated heterocycles. The molecule has 0 fully saturated rings. The van der Waals surface area contributed by atoms with E-state index < -0.39 is 5.37 Å². The summed E-state index contributed by atoms with van der Waals surface area (Å²) < 4.78 is 11.5. The van der Waals surface area contributed by atoms with E-state index in [0.29, 0.717) is 34.9 Å². The third kappa shape index (κ3) is 5.42. The third-order valence-corrected chi connectivity index (χ3v) is 5.27. The Hall–Kier alpha value is -2.71. The maximum absolute atomic E-state index is 12.0. The summed E-state index contributed by atoms with van der Waals surface area (Å²) in [7, 11) is 0. The molecule has 0 radical (unpaired) electrons. The fraction of sp³-hybridized carbons (Fsp3) is 0.250. The molecule has 152 valence electrons. The fourth-order valence-electron chi connectivity index (χ4n) is 2.65. The zero-order valence-electron chi connectivity index (χ0n) is 15.9. The second kappa shape index (κ2) is 9.67. The van der Waals surface area contributed by atoms with Gasteiger partial charge in [-0.15, -0.1) is 5.10 Å². The van der Waals surface area contributed by atoms with Crippen molar-refractivity contribution >= 4 is 40.3 Å². The zero-order chi connectivity index (χ0) is 20.8. The van der Waals surface area contributed by atoms with Gasteiger partial charge in [0.05, 0.1) is 5.02 Å². The number of halogens is 1. The number of para-hydroxylation sites is 2. The average Bonchev–Trinajstić information content (AvgIpc) is 3.10. The third-order valence-electron chi connectivity index (χ3n) is 3.87. The van der Waals surface area contributed by atoms with Gasteiger partial charge in [-0.3, -0.25) is 9.59 Å². The van der Waals surface area contributed by atoms with E-state index in [1.165, 1.54) is 30.6 Å². The number of hydrogen-bond donors (Lipinski definition) is 1.